The van der Waals surface area contributed by atoms with Gasteiger partial charge in [-0.2, -0.15) is 13.2 Å². The van der Waals surface area contributed by atoms with Gasteiger partial charge >= 0.3 is 6.18 Å². The summed E-state index contributed by atoms with van der Waals surface area (Å²) in [6.45, 7) is 0.488. The third-order valence-electron chi connectivity index (χ3n) is 3.97. The van der Waals surface area contributed by atoms with Crippen LogP contribution in [0.5, 0.6) is 5.75 Å². The third kappa shape index (κ3) is 3.76. The average Bonchev–Trinajstić information content (AvgIpc) is 3.10. The van der Waals surface area contributed by atoms with Crippen LogP contribution in [-0.2, 0) is 6.18 Å². The Morgan fingerprint density at radius 2 is 1.96 bits per heavy atom. The highest BCUT2D eigenvalue weighted by molar-refractivity contribution is 7.99. The van der Waals surface area contributed by atoms with E-state index < -0.39 is 17.6 Å². The number of rotatable bonds is 3. The van der Waals surface area contributed by atoms with Crippen LogP contribution in [0.4, 0.5) is 13.2 Å². The summed E-state index contributed by atoms with van der Waals surface area (Å²) >= 11 is 1.58. The van der Waals surface area contributed by atoms with Crippen molar-refractivity contribution in [3.63, 3.8) is 0 Å². The second-order valence-corrected chi connectivity index (χ2v) is 6.76. The Morgan fingerprint density at radius 1 is 1.20 bits per heavy atom. The van der Waals surface area contributed by atoms with Crippen molar-refractivity contribution in [1.82, 2.24) is 4.90 Å². The molecule has 3 nitrogen and oxygen atoms in total. The molecule has 0 aliphatic carbocycles. The summed E-state index contributed by atoms with van der Waals surface area (Å²) in [6.07, 6.45) is -4.47. The fraction of sp³-hybridized carbons (Fsp3) is 0.278. The topological polar surface area (TPSA) is 29.5 Å². The van der Waals surface area contributed by atoms with Gasteiger partial charge in [-0.25, -0.2) is 0 Å². The Balaban J connectivity index is 1.88. The molecule has 1 atom stereocenters. The Labute approximate surface area is 147 Å². The van der Waals surface area contributed by atoms with Crippen molar-refractivity contribution in [3.05, 3.63) is 65.2 Å². The summed E-state index contributed by atoms with van der Waals surface area (Å²) in [5.41, 5.74) is 0.121. The number of amides is 1. The van der Waals surface area contributed by atoms with Crippen LogP contribution < -0.4 is 4.74 Å². The molecule has 132 valence electrons. The van der Waals surface area contributed by atoms with E-state index in [1.165, 1.54) is 12.1 Å². The summed E-state index contributed by atoms with van der Waals surface area (Å²) in [5, 5.41) is -0.239. The maximum Gasteiger partial charge on any atom is 0.416 e. The summed E-state index contributed by atoms with van der Waals surface area (Å²) in [5.74, 6) is 1.01. The fourth-order valence-electron chi connectivity index (χ4n) is 2.74. The molecule has 0 aromatic heterocycles. The van der Waals surface area contributed by atoms with Gasteiger partial charge in [0, 0.05) is 17.9 Å². The molecular weight excluding hydrogens is 351 g/mol. The van der Waals surface area contributed by atoms with Gasteiger partial charge in [-0.15, -0.1) is 11.8 Å². The molecule has 2 aromatic rings. The van der Waals surface area contributed by atoms with Gasteiger partial charge in [0.15, 0.2) is 0 Å². The first kappa shape index (κ1) is 17.7. The quantitative estimate of drug-likeness (QED) is 0.794. The average molecular weight is 367 g/mol. The van der Waals surface area contributed by atoms with Gasteiger partial charge in [0.05, 0.1) is 12.7 Å². The van der Waals surface area contributed by atoms with Crippen LogP contribution in [0.25, 0.3) is 0 Å². The third-order valence-corrected chi connectivity index (χ3v) is 5.23. The second-order valence-electron chi connectivity index (χ2n) is 5.58. The molecule has 7 heteroatoms. The number of thioether (sulfide) groups is 1. The molecule has 0 unspecified atom stereocenters. The second kappa shape index (κ2) is 7.00. The lowest BCUT2D eigenvalue weighted by molar-refractivity contribution is -0.137. The number of methoxy groups -OCH3 is 1. The zero-order valence-electron chi connectivity index (χ0n) is 13.4. The van der Waals surface area contributed by atoms with Gasteiger partial charge in [-0.05, 0) is 35.9 Å². The van der Waals surface area contributed by atoms with E-state index in [1.54, 1.807) is 23.8 Å². The highest BCUT2D eigenvalue weighted by atomic mass is 32.2. The Kier molecular flexibility index (Phi) is 4.94. The van der Waals surface area contributed by atoms with Crippen molar-refractivity contribution in [2.75, 3.05) is 19.4 Å². The van der Waals surface area contributed by atoms with Crippen molar-refractivity contribution < 1.29 is 22.7 Å². The predicted octanol–water partition coefficient (Wildman–Crippen LogP) is 4.60. The molecule has 0 saturated carbocycles. The molecular formula is C18H16F3NO2S. The van der Waals surface area contributed by atoms with E-state index in [4.69, 9.17) is 4.74 Å². The molecule has 0 N–H and O–H groups in total. The highest BCUT2D eigenvalue weighted by Gasteiger charge is 2.34. The molecule has 0 radical (unpaired) electrons. The van der Waals surface area contributed by atoms with E-state index >= 15 is 0 Å². The standard InChI is InChI=1S/C18H16F3NO2S/c1-24-15-7-3-5-13(11-15)17-22(8-9-25-17)16(23)12-4-2-6-14(10-12)18(19,20)21/h2-7,10-11,17H,8-9H2,1H3/t17-/m0/s1. The van der Waals surface area contributed by atoms with Crippen LogP contribution in [0.15, 0.2) is 48.5 Å². The largest absolute Gasteiger partial charge is 0.497 e. The van der Waals surface area contributed by atoms with E-state index in [0.29, 0.717) is 12.3 Å². The monoisotopic (exact) mass is 367 g/mol. The van der Waals surface area contributed by atoms with Crippen LogP contribution >= 0.6 is 11.8 Å². The van der Waals surface area contributed by atoms with Gasteiger partial charge in [0.1, 0.15) is 11.1 Å². The molecule has 1 heterocycles. The molecule has 3 rings (SSSR count). The predicted molar refractivity (Wildman–Crippen MR) is 90.7 cm³/mol. The lowest BCUT2D eigenvalue weighted by Gasteiger charge is -2.24. The number of carbonyl (C=O) groups excluding carboxylic acids is 1. The number of nitrogens with zero attached hydrogens (tertiary/aromatic N) is 1. The molecule has 25 heavy (non-hydrogen) atoms. The number of benzene rings is 2. The van der Waals surface area contributed by atoms with Gasteiger partial charge in [-0.1, -0.05) is 18.2 Å². The molecule has 2 aromatic carbocycles. The van der Waals surface area contributed by atoms with Gasteiger partial charge < -0.3 is 9.64 Å². The lowest BCUT2D eigenvalue weighted by Crippen LogP contribution is -2.30. The van der Waals surface area contributed by atoms with Crippen molar-refractivity contribution in [1.29, 1.82) is 0 Å². The molecule has 1 aliphatic heterocycles. The first-order valence-corrected chi connectivity index (χ1v) is 8.69. The summed E-state index contributed by atoms with van der Waals surface area (Å²) in [7, 11) is 1.56. The molecule has 1 saturated heterocycles. The Hall–Kier alpha value is -2.15. The number of hydrogen-bond donors (Lipinski definition) is 0. The number of halogens is 3. The van der Waals surface area contributed by atoms with Gasteiger partial charge in [-0.3, -0.25) is 4.79 Å². The molecule has 0 bridgehead atoms. The number of hydrogen-bond acceptors (Lipinski definition) is 3. The van der Waals surface area contributed by atoms with Crippen molar-refractivity contribution >= 4 is 17.7 Å². The Morgan fingerprint density at radius 3 is 2.68 bits per heavy atom. The van der Waals surface area contributed by atoms with Crippen molar-refractivity contribution in [2.45, 2.75) is 11.6 Å². The van der Waals surface area contributed by atoms with E-state index in [9.17, 15) is 18.0 Å². The maximum atomic E-state index is 12.9. The van der Waals surface area contributed by atoms with E-state index in [2.05, 4.69) is 0 Å². The van der Waals surface area contributed by atoms with Crippen molar-refractivity contribution in [2.24, 2.45) is 0 Å². The van der Waals surface area contributed by atoms with E-state index in [-0.39, 0.29) is 10.9 Å². The molecule has 1 amide bonds. The van der Waals surface area contributed by atoms with Crippen LogP contribution in [0.1, 0.15) is 26.9 Å². The summed E-state index contributed by atoms with van der Waals surface area (Å²) in [4.78, 5) is 14.4. The van der Waals surface area contributed by atoms with E-state index in [1.807, 2.05) is 24.3 Å². The maximum absolute atomic E-state index is 12.9. The van der Waals surface area contributed by atoms with Crippen LogP contribution in [0.3, 0.4) is 0 Å². The van der Waals surface area contributed by atoms with E-state index in [0.717, 1.165) is 23.4 Å². The molecule has 1 fully saturated rings. The number of carbonyl (C=O) groups is 1. The first-order chi connectivity index (χ1) is 11.9. The highest BCUT2D eigenvalue weighted by Crippen LogP contribution is 2.40. The number of alkyl halides is 3. The normalized spacial score (nSPS) is 17.6. The van der Waals surface area contributed by atoms with Crippen molar-refractivity contribution in [3.8, 4) is 5.75 Å². The Bertz CT molecular complexity index is 779. The number of ether oxygens (including phenoxy) is 1. The summed E-state index contributed by atoms with van der Waals surface area (Å²) in [6, 6.07) is 11.9. The fourth-order valence-corrected chi connectivity index (χ4v) is 3.99. The SMILES string of the molecule is COc1cccc([C@@H]2SCCN2C(=O)c2cccc(C(F)(F)F)c2)c1. The first-order valence-electron chi connectivity index (χ1n) is 7.64. The van der Waals surface area contributed by atoms with Crippen LogP contribution in [-0.4, -0.2) is 30.2 Å². The van der Waals surface area contributed by atoms with Gasteiger partial charge in [0.25, 0.3) is 5.91 Å². The van der Waals surface area contributed by atoms with Crippen LogP contribution in [0.2, 0.25) is 0 Å². The molecule has 1 aliphatic rings. The smallest absolute Gasteiger partial charge is 0.416 e. The van der Waals surface area contributed by atoms with Gasteiger partial charge in [0.2, 0.25) is 0 Å². The summed E-state index contributed by atoms with van der Waals surface area (Å²) < 4.78 is 43.9. The van der Waals surface area contributed by atoms with Crippen LogP contribution in [0, 0.1) is 0 Å². The minimum atomic E-state index is -4.47. The lowest BCUT2D eigenvalue weighted by atomic mass is 10.1. The minimum Gasteiger partial charge on any atom is -0.497 e. The minimum absolute atomic E-state index is 0.0465. The zero-order valence-corrected chi connectivity index (χ0v) is 14.2. The molecule has 0 spiro atoms. The zero-order chi connectivity index (χ0) is 18.0.